The van der Waals surface area contributed by atoms with Gasteiger partial charge in [-0.3, -0.25) is 4.79 Å². The lowest BCUT2D eigenvalue weighted by atomic mass is 10.1. The van der Waals surface area contributed by atoms with Crippen LogP contribution in [0.1, 0.15) is 0 Å². The standard InChI is InChI=1S/C14H10ClN3O/c15-12-13(16-8-17-14(12)19)18-11-7-3-5-9-4-1-2-6-10(9)11/h1-8H,(H2,16,17,18,19). The highest BCUT2D eigenvalue weighted by Gasteiger charge is 2.07. The van der Waals surface area contributed by atoms with Crippen LogP contribution in [-0.2, 0) is 0 Å². The molecule has 0 unspecified atom stereocenters. The van der Waals surface area contributed by atoms with E-state index in [-0.39, 0.29) is 10.6 Å². The first-order chi connectivity index (χ1) is 9.25. The lowest BCUT2D eigenvalue weighted by molar-refractivity contribution is 1.12. The number of hydrogen-bond acceptors (Lipinski definition) is 3. The lowest BCUT2D eigenvalue weighted by Gasteiger charge is -2.09. The average Bonchev–Trinajstić information content (AvgIpc) is 2.44. The molecule has 0 saturated carbocycles. The fourth-order valence-electron chi connectivity index (χ4n) is 1.93. The van der Waals surface area contributed by atoms with Crippen molar-refractivity contribution in [2.24, 2.45) is 0 Å². The van der Waals surface area contributed by atoms with E-state index < -0.39 is 0 Å². The molecule has 0 atom stereocenters. The number of aromatic amines is 1. The quantitative estimate of drug-likeness (QED) is 0.752. The van der Waals surface area contributed by atoms with E-state index in [1.54, 1.807) is 0 Å². The minimum absolute atomic E-state index is 0.0513. The highest BCUT2D eigenvalue weighted by atomic mass is 35.5. The molecule has 0 fully saturated rings. The Balaban J connectivity index is 2.11. The second-order valence-electron chi connectivity index (χ2n) is 4.05. The smallest absolute Gasteiger partial charge is 0.271 e. The van der Waals surface area contributed by atoms with Gasteiger partial charge in [-0.2, -0.15) is 0 Å². The summed E-state index contributed by atoms with van der Waals surface area (Å²) in [6.45, 7) is 0. The Bertz CT molecular complexity index is 793. The molecule has 1 aromatic heterocycles. The van der Waals surface area contributed by atoms with Crippen molar-refractivity contribution < 1.29 is 0 Å². The van der Waals surface area contributed by atoms with E-state index in [4.69, 9.17) is 11.6 Å². The van der Waals surface area contributed by atoms with Gasteiger partial charge in [0.25, 0.3) is 5.56 Å². The maximum atomic E-state index is 11.4. The van der Waals surface area contributed by atoms with Crippen molar-refractivity contribution in [1.29, 1.82) is 0 Å². The maximum Gasteiger partial charge on any atom is 0.271 e. The second-order valence-corrected chi connectivity index (χ2v) is 4.42. The van der Waals surface area contributed by atoms with Crippen molar-refractivity contribution >= 4 is 33.9 Å². The van der Waals surface area contributed by atoms with Crippen LogP contribution >= 0.6 is 11.6 Å². The first-order valence-electron chi connectivity index (χ1n) is 5.73. The summed E-state index contributed by atoms with van der Waals surface area (Å²) in [6, 6.07) is 13.8. The number of H-pyrrole nitrogens is 1. The Kier molecular flexibility index (Phi) is 2.93. The third-order valence-electron chi connectivity index (χ3n) is 2.84. The van der Waals surface area contributed by atoms with Crippen LogP contribution in [0.4, 0.5) is 11.5 Å². The van der Waals surface area contributed by atoms with E-state index in [0.29, 0.717) is 5.82 Å². The summed E-state index contributed by atoms with van der Waals surface area (Å²) in [7, 11) is 0. The van der Waals surface area contributed by atoms with Crippen LogP contribution in [0.2, 0.25) is 5.02 Å². The highest BCUT2D eigenvalue weighted by molar-refractivity contribution is 6.32. The molecule has 5 heteroatoms. The molecule has 2 N–H and O–H groups in total. The van der Waals surface area contributed by atoms with Gasteiger partial charge in [-0.1, -0.05) is 48.0 Å². The molecule has 0 aliphatic heterocycles. The summed E-state index contributed by atoms with van der Waals surface area (Å²) in [5.74, 6) is 0.349. The number of hydrogen-bond donors (Lipinski definition) is 2. The van der Waals surface area contributed by atoms with E-state index in [0.717, 1.165) is 16.5 Å². The summed E-state index contributed by atoms with van der Waals surface area (Å²) in [6.07, 6.45) is 1.32. The largest absolute Gasteiger partial charge is 0.338 e. The summed E-state index contributed by atoms with van der Waals surface area (Å²) in [4.78, 5) is 17.9. The van der Waals surface area contributed by atoms with Gasteiger partial charge in [0.15, 0.2) is 5.82 Å². The number of nitrogens with one attached hydrogen (secondary N) is 2. The SMILES string of the molecule is O=c1[nH]cnc(Nc2cccc3ccccc23)c1Cl. The van der Waals surface area contributed by atoms with Crippen LogP contribution in [0.15, 0.2) is 53.6 Å². The van der Waals surface area contributed by atoms with E-state index in [9.17, 15) is 4.79 Å². The number of benzene rings is 2. The Morgan fingerprint density at radius 2 is 1.89 bits per heavy atom. The van der Waals surface area contributed by atoms with Crippen molar-refractivity contribution in [2.45, 2.75) is 0 Å². The molecule has 0 amide bonds. The van der Waals surface area contributed by atoms with Gasteiger partial charge in [0.05, 0.1) is 6.33 Å². The zero-order valence-electron chi connectivity index (χ0n) is 9.85. The van der Waals surface area contributed by atoms with Crippen LogP contribution < -0.4 is 10.9 Å². The molecule has 3 rings (SSSR count). The number of nitrogens with zero attached hydrogens (tertiary/aromatic N) is 1. The molecule has 0 bridgehead atoms. The van der Waals surface area contributed by atoms with Gasteiger partial charge in [0.2, 0.25) is 0 Å². The van der Waals surface area contributed by atoms with Crippen LogP contribution in [0.25, 0.3) is 10.8 Å². The van der Waals surface area contributed by atoms with Crippen molar-refractivity contribution in [3.63, 3.8) is 0 Å². The molecule has 4 nitrogen and oxygen atoms in total. The molecule has 0 aliphatic rings. The first kappa shape index (κ1) is 11.7. The molecule has 0 aliphatic carbocycles. The van der Waals surface area contributed by atoms with Crippen molar-refractivity contribution in [3.8, 4) is 0 Å². The Morgan fingerprint density at radius 3 is 2.79 bits per heavy atom. The van der Waals surface area contributed by atoms with Crippen LogP contribution in [-0.4, -0.2) is 9.97 Å². The predicted octanol–water partition coefficient (Wildman–Crippen LogP) is 3.32. The molecule has 3 aromatic rings. The summed E-state index contributed by atoms with van der Waals surface area (Å²) < 4.78 is 0. The zero-order valence-corrected chi connectivity index (χ0v) is 10.6. The Hall–Kier alpha value is -2.33. The van der Waals surface area contributed by atoms with E-state index in [1.807, 2.05) is 42.5 Å². The van der Waals surface area contributed by atoms with Gasteiger partial charge in [0.1, 0.15) is 5.02 Å². The molecule has 0 radical (unpaired) electrons. The van der Waals surface area contributed by atoms with E-state index in [2.05, 4.69) is 15.3 Å². The van der Waals surface area contributed by atoms with Gasteiger partial charge < -0.3 is 10.3 Å². The maximum absolute atomic E-state index is 11.4. The molecule has 0 saturated heterocycles. The minimum atomic E-state index is -0.362. The summed E-state index contributed by atoms with van der Waals surface area (Å²) >= 11 is 5.93. The molecular weight excluding hydrogens is 262 g/mol. The third-order valence-corrected chi connectivity index (χ3v) is 3.19. The number of halogens is 1. The number of aromatic nitrogens is 2. The minimum Gasteiger partial charge on any atom is -0.338 e. The van der Waals surface area contributed by atoms with Gasteiger partial charge in [-0.25, -0.2) is 4.98 Å². The van der Waals surface area contributed by atoms with Gasteiger partial charge in [-0.15, -0.1) is 0 Å². The number of anilines is 2. The van der Waals surface area contributed by atoms with Crippen molar-refractivity contribution in [2.75, 3.05) is 5.32 Å². The summed E-state index contributed by atoms with van der Waals surface area (Å²) in [5.41, 5.74) is 0.498. The summed E-state index contributed by atoms with van der Waals surface area (Å²) in [5, 5.41) is 5.29. The molecule has 19 heavy (non-hydrogen) atoms. The van der Waals surface area contributed by atoms with Crippen LogP contribution in [0.3, 0.4) is 0 Å². The lowest BCUT2D eigenvalue weighted by Crippen LogP contribution is -2.09. The average molecular weight is 272 g/mol. The number of fused-ring (bicyclic) bond motifs is 1. The molecule has 2 aromatic carbocycles. The second kappa shape index (κ2) is 4.74. The topological polar surface area (TPSA) is 57.8 Å². The van der Waals surface area contributed by atoms with E-state index in [1.165, 1.54) is 6.33 Å². The fraction of sp³-hybridized carbons (Fsp3) is 0. The third kappa shape index (κ3) is 2.18. The van der Waals surface area contributed by atoms with Gasteiger partial charge in [-0.05, 0) is 11.5 Å². The molecule has 0 spiro atoms. The first-order valence-corrected chi connectivity index (χ1v) is 6.11. The van der Waals surface area contributed by atoms with Crippen molar-refractivity contribution in [3.05, 3.63) is 64.2 Å². The zero-order chi connectivity index (χ0) is 13.2. The molecule has 1 heterocycles. The van der Waals surface area contributed by atoms with E-state index >= 15 is 0 Å². The number of rotatable bonds is 2. The van der Waals surface area contributed by atoms with Crippen LogP contribution in [0, 0.1) is 0 Å². The van der Waals surface area contributed by atoms with Gasteiger partial charge >= 0.3 is 0 Å². The Labute approximate surface area is 114 Å². The molecular formula is C14H10ClN3O. The monoisotopic (exact) mass is 271 g/mol. The fourth-order valence-corrected chi connectivity index (χ4v) is 2.08. The van der Waals surface area contributed by atoms with Crippen LogP contribution in [0.5, 0.6) is 0 Å². The predicted molar refractivity (Wildman–Crippen MR) is 77.1 cm³/mol. The Morgan fingerprint density at radius 1 is 1.11 bits per heavy atom. The highest BCUT2D eigenvalue weighted by Crippen LogP contribution is 2.27. The van der Waals surface area contributed by atoms with Crippen molar-refractivity contribution in [1.82, 2.24) is 9.97 Å². The normalized spacial score (nSPS) is 10.6. The van der Waals surface area contributed by atoms with Gasteiger partial charge in [0, 0.05) is 11.1 Å². The molecule has 94 valence electrons.